The van der Waals surface area contributed by atoms with E-state index in [0.29, 0.717) is 11.1 Å². The van der Waals surface area contributed by atoms with Crippen molar-refractivity contribution in [3.05, 3.63) is 145 Å². The summed E-state index contributed by atoms with van der Waals surface area (Å²) in [6, 6.07) is 49.9. The maximum atomic E-state index is 10.5. The SMILES string of the molecule is N#Cc1cc(-c2c(C#N)cccc2-n2c3ccccc3c3ccccc32)ccc1-n1c2ccccc2c2ccccc21. The fourth-order valence-electron chi connectivity index (χ4n) is 6.46. The number of fused-ring (bicyclic) bond motifs is 6. The van der Waals surface area contributed by atoms with E-state index in [-0.39, 0.29) is 0 Å². The molecule has 0 radical (unpaired) electrons. The molecule has 0 saturated heterocycles. The van der Waals surface area contributed by atoms with E-state index in [1.54, 1.807) is 0 Å². The monoisotopic (exact) mass is 534 g/mol. The lowest BCUT2D eigenvalue weighted by Gasteiger charge is -2.17. The van der Waals surface area contributed by atoms with Gasteiger partial charge < -0.3 is 9.13 Å². The Labute approximate surface area is 242 Å². The Hall–Kier alpha value is -6.10. The van der Waals surface area contributed by atoms with Gasteiger partial charge in [0.25, 0.3) is 0 Å². The molecule has 0 N–H and O–H groups in total. The molecule has 0 saturated carbocycles. The van der Waals surface area contributed by atoms with Crippen LogP contribution < -0.4 is 0 Å². The van der Waals surface area contributed by atoms with Gasteiger partial charge in [-0.3, -0.25) is 0 Å². The number of hydrogen-bond acceptors (Lipinski definition) is 2. The summed E-state index contributed by atoms with van der Waals surface area (Å²) >= 11 is 0. The molecule has 4 nitrogen and oxygen atoms in total. The second-order valence-electron chi connectivity index (χ2n) is 10.4. The standard InChI is InChI=1S/C38H22N4/c39-23-26-10-9-19-37(42-35-17-7-3-13-30(35)31-14-4-8-18-36(31)42)38(26)25-20-21-32(27(22-25)24-40)41-33-15-5-1-11-28(33)29-12-2-6-16-34(29)41/h1-22H. The lowest BCUT2D eigenvalue weighted by atomic mass is 9.95. The first-order valence-electron chi connectivity index (χ1n) is 13.8. The summed E-state index contributed by atoms with van der Waals surface area (Å²) in [4.78, 5) is 0. The second kappa shape index (κ2) is 9.24. The zero-order valence-corrected chi connectivity index (χ0v) is 22.5. The molecule has 0 fully saturated rings. The molecule has 0 bridgehead atoms. The third-order valence-electron chi connectivity index (χ3n) is 8.21. The highest BCUT2D eigenvalue weighted by molar-refractivity contribution is 6.10. The van der Waals surface area contributed by atoms with E-state index >= 15 is 0 Å². The van der Waals surface area contributed by atoms with Crippen LogP contribution >= 0.6 is 0 Å². The molecular formula is C38H22N4. The lowest BCUT2D eigenvalue weighted by Crippen LogP contribution is -2.01. The quantitative estimate of drug-likeness (QED) is 0.227. The molecular weight excluding hydrogens is 512 g/mol. The molecule has 0 aliphatic carbocycles. The highest BCUT2D eigenvalue weighted by Crippen LogP contribution is 2.39. The number of para-hydroxylation sites is 4. The Morgan fingerprint density at radius 1 is 0.405 bits per heavy atom. The highest BCUT2D eigenvalue weighted by Gasteiger charge is 2.20. The van der Waals surface area contributed by atoms with E-state index in [1.165, 1.54) is 0 Å². The van der Waals surface area contributed by atoms with Crippen LogP contribution in [-0.4, -0.2) is 9.13 Å². The Morgan fingerprint density at radius 3 is 1.33 bits per heavy atom. The third-order valence-corrected chi connectivity index (χ3v) is 8.21. The molecule has 194 valence electrons. The molecule has 42 heavy (non-hydrogen) atoms. The fraction of sp³-hybridized carbons (Fsp3) is 0. The van der Waals surface area contributed by atoms with E-state index in [2.05, 4.69) is 88.0 Å². The Bertz CT molecular complexity index is 2340. The number of nitriles is 2. The Balaban J connectivity index is 1.41. The van der Waals surface area contributed by atoms with Gasteiger partial charge >= 0.3 is 0 Å². The van der Waals surface area contributed by atoms with E-state index in [4.69, 9.17) is 0 Å². The van der Waals surface area contributed by atoms with Crippen LogP contribution in [0.15, 0.2) is 133 Å². The van der Waals surface area contributed by atoms with Gasteiger partial charge in [0.2, 0.25) is 0 Å². The van der Waals surface area contributed by atoms with E-state index in [9.17, 15) is 10.5 Å². The number of aromatic nitrogens is 2. The van der Waals surface area contributed by atoms with Gasteiger partial charge in [0.05, 0.1) is 50.6 Å². The second-order valence-corrected chi connectivity index (χ2v) is 10.4. The minimum absolute atomic E-state index is 0.542. The molecule has 2 aromatic heterocycles. The first kappa shape index (κ1) is 23.8. The molecule has 6 aromatic carbocycles. The first-order chi connectivity index (χ1) is 20.8. The molecule has 0 unspecified atom stereocenters. The molecule has 0 spiro atoms. The molecule has 0 atom stereocenters. The molecule has 8 aromatic rings. The Kier molecular flexibility index (Phi) is 5.22. The molecule has 4 heteroatoms. The van der Waals surface area contributed by atoms with Crippen LogP contribution in [0.25, 0.3) is 66.1 Å². The van der Waals surface area contributed by atoms with Crippen LogP contribution in [0.3, 0.4) is 0 Å². The normalized spacial score (nSPS) is 11.3. The highest BCUT2D eigenvalue weighted by atomic mass is 15.0. The fourth-order valence-corrected chi connectivity index (χ4v) is 6.46. The average Bonchev–Trinajstić information content (AvgIpc) is 3.57. The zero-order valence-electron chi connectivity index (χ0n) is 22.5. The van der Waals surface area contributed by atoms with Crippen molar-refractivity contribution in [2.45, 2.75) is 0 Å². The van der Waals surface area contributed by atoms with Crippen molar-refractivity contribution < 1.29 is 0 Å². The number of rotatable bonds is 3. The van der Waals surface area contributed by atoms with Gasteiger partial charge in [0.15, 0.2) is 0 Å². The Morgan fingerprint density at radius 2 is 0.857 bits per heavy atom. The van der Waals surface area contributed by atoms with Crippen molar-refractivity contribution in [3.63, 3.8) is 0 Å². The minimum atomic E-state index is 0.542. The summed E-state index contributed by atoms with van der Waals surface area (Å²) in [6.45, 7) is 0. The van der Waals surface area contributed by atoms with Crippen LogP contribution in [0.5, 0.6) is 0 Å². The van der Waals surface area contributed by atoms with Crippen LogP contribution in [0.4, 0.5) is 0 Å². The molecule has 0 amide bonds. The number of nitrogens with zero attached hydrogens (tertiary/aromatic N) is 4. The zero-order chi connectivity index (χ0) is 28.2. The smallest absolute Gasteiger partial charge is 0.101 e. The van der Waals surface area contributed by atoms with Gasteiger partial charge in [-0.1, -0.05) is 84.9 Å². The molecule has 2 heterocycles. The van der Waals surface area contributed by atoms with Crippen molar-refractivity contribution in [2.24, 2.45) is 0 Å². The minimum Gasteiger partial charge on any atom is -0.309 e. The van der Waals surface area contributed by atoms with Crippen LogP contribution in [-0.2, 0) is 0 Å². The topological polar surface area (TPSA) is 57.4 Å². The van der Waals surface area contributed by atoms with Gasteiger partial charge in [-0.25, -0.2) is 0 Å². The van der Waals surface area contributed by atoms with Crippen molar-refractivity contribution in [3.8, 4) is 34.6 Å². The summed E-state index contributed by atoms with van der Waals surface area (Å²) in [5, 5.41) is 25.3. The van der Waals surface area contributed by atoms with E-state index in [1.807, 2.05) is 66.7 Å². The van der Waals surface area contributed by atoms with Crippen molar-refractivity contribution in [2.75, 3.05) is 0 Å². The van der Waals surface area contributed by atoms with E-state index in [0.717, 1.165) is 66.1 Å². The maximum Gasteiger partial charge on any atom is 0.101 e. The van der Waals surface area contributed by atoms with Crippen molar-refractivity contribution >= 4 is 43.6 Å². The average molecular weight is 535 g/mol. The van der Waals surface area contributed by atoms with Crippen LogP contribution in [0, 0.1) is 22.7 Å². The van der Waals surface area contributed by atoms with Crippen LogP contribution in [0.1, 0.15) is 11.1 Å². The summed E-state index contributed by atoms with van der Waals surface area (Å²) in [5.74, 6) is 0. The van der Waals surface area contributed by atoms with Crippen molar-refractivity contribution in [1.29, 1.82) is 10.5 Å². The van der Waals surface area contributed by atoms with Gasteiger partial charge in [-0.05, 0) is 54.1 Å². The molecule has 8 rings (SSSR count). The van der Waals surface area contributed by atoms with E-state index < -0.39 is 0 Å². The van der Waals surface area contributed by atoms with Gasteiger partial charge in [-0.2, -0.15) is 10.5 Å². The predicted octanol–water partition coefficient (Wildman–Crippen LogP) is 9.29. The predicted molar refractivity (Wildman–Crippen MR) is 170 cm³/mol. The summed E-state index contributed by atoms with van der Waals surface area (Å²) < 4.78 is 4.39. The molecule has 0 aliphatic heterocycles. The third kappa shape index (κ3) is 3.33. The number of hydrogen-bond donors (Lipinski definition) is 0. The van der Waals surface area contributed by atoms with Gasteiger partial charge in [0.1, 0.15) is 6.07 Å². The maximum absolute atomic E-state index is 10.5. The van der Waals surface area contributed by atoms with Crippen molar-refractivity contribution in [1.82, 2.24) is 9.13 Å². The summed E-state index contributed by atoms with van der Waals surface area (Å²) in [5.41, 5.74) is 8.67. The molecule has 0 aliphatic rings. The van der Waals surface area contributed by atoms with Crippen LogP contribution in [0.2, 0.25) is 0 Å². The number of benzene rings is 6. The summed E-state index contributed by atoms with van der Waals surface area (Å²) in [6.07, 6.45) is 0. The summed E-state index contributed by atoms with van der Waals surface area (Å²) in [7, 11) is 0. The lowest BCUT2D eigenvalue weighted by molar-refractivity contribution is 1.16. The van der Waals surface area contributed by atoms with Gasteiger partial charge in [0, 0.05) is 27.1 Å². The van der Waals surface area contributed by atoms with Gasteiger partial charge in [-0.15, -0.1) is 0 Å². The largest absolute Gasteiger partial charge is 0.309 e. The first-order valence-corrected chi connectivity index (χ1v) is 13.8.